The number of anilines is 1. The number of carbonyl (C=O) groups is 1. The van der Waals surface area contributed by atoms with Gasteiger partial charge in [-0.15, -0.1) is 0 Å². The van der Waals surface area contributed by atoms with Crippen LogP contribution in [0.25, 0.3) is 0 Å². The zero-order chi connectivity index (χ0) is 15.6. The molecule has 0 aliphatic heterocycles. The number of halogens is 4. The first-order valence-electron chi connectivity index (χ1n) is 5.61. The molecule has 2 aromatic rings. The second-order valence-corrected chi connectivity index (χ2v) is 4.79. The fourth-order valence-electron chi connectivity index (χ4n) is 1.64. The van der Waals surface area contributed by atoms with Crippen molar-refractivity contribution in [1.29, 1.82) is 0 Å². The molecule has 1 aromatic carbocycles. The predicted octanol–water partition coefficient (Wildman–Crippen LogP) is 3.18. The summed E-state index contributed by atoms with van der Waals surface area (Å²) in [4.78, 5) is 12.1. The standard InChI is InChI=1S/C12H9BrF3N3O2/c1-19-10(7(13)5-17-19)11(20)18-8-3-2-6(14)4-9(8)21-12(15)16/h2-5,12H,1H3,(H,18,20). The third kappa shape index (κ3) is 3.54. The summed E-state index contributed by atoms with van der Waals surface area (Å²) >= 11 is 3.15. The minimum absolute atomic E-state index is 0.0743. The molecule has 1 aromatic heterocycles. The highest BCUT2D eigenvalue weighted by molar-refractivity contribution is 9.10. The van der Waals surface area contributed by atoms with E-state index in [1.54, 1.807) is 7.05 Å². The van der Waals surface area contributed by atoms with Crippen LogP contribution in [0.2, 0.25) is 0 Å². The van der Waals surface area contributed by atoms with Gasteiger partial charge in [0.25, 0.3) is 5.91 Å². The largest absolute Gasteiger partial charge is 0.432 e. The molecule has 0 aliphatic rings. The molecule has 0 unspecified atom stereocenters. The quantitative estimate of drug-likeness (QED) is 0.907. The number of alkyl halides is 2. The first-order valence-corrected chi connectivity index (χ1v) is 6.41. The van der Waals surface area contributed by atoms with Gasteiger partial charge in [-0.2, -0.15) is 13.9 Å². The molecule has 9 heteroatoms. The Balaban J connectivity index is 2.29. The van der Waals surface area contributed by atoms with Gasteiger partial charge >= 0.3 is 6.61 Å². The van der Waals surface area contributed by atoms with Gasteiger partial charge in [-0.1, -0.05) is 0 Å². The first kappa shape index (κ1) is 15.4. The molecule has 0 radical (unpaired) electrons. The lowest BCUT2D eigenvalue weighted by Crippen LogP contribution is -2.18. The Labute approximate surface area is 125 Å². The van der Waals surface area contributed by atoms with Crippen molar-refractivity contribution >= 4 is 27.5 Å². The predicted molar refractivity (Wildman–Crippen MR) is 71.9 cm³/mol. The number of carbonyl (C=O) groups excluding carboxylic acids is 1. The van der Waals surface area contributed by atoms with E-state index < -0.39 is 24.1 Å². The normalized spacial score (nSPS) is 10.8. The van der Waals surface area contributed by atoms with Gasteiger partial charge in [0.1, 0.15) is 11.5 Å². The van der Waals surface area contributed by atoms with Gasteiger partial charge in [0.05, 0.1) is 16.4 Å². The van der Waals surface area contributed by atoms with Crippen molar-refractivity contribution in [3.8, 4) is 5.75 Å². The summed E-state index contributed by atoms with van der Waals surface area (Å²) in [6, 6.07) is 2.92. The van der Waals surface area contributed by atoms with Gasteiger partial charge in [-0.25, -0.2) is 4.39 Å². The number of hydrogen-bond donors (Lipinski definition) is 1. The summed E-state index contributed by atoms with van der Waals surface area (Å²) in [7, 11) is 1.54. The van der Waals surface area contributed by atoms with Crippen LogP contribution in [0, 0.1) is 5.82 Å². The zero-order valence-electron chi connectivity index (χ0n) is 10.6. The van der Waals surface area contributed by atoms with E-state index in [1.165, 1.54) is 10.9 Å². The second-order valence-electron chi connectivity index (χ2n) is 3.94. The van der Waals surface area contributed by atoms with Crippen molar-refractivity contribution in [2.45, 2.75) is 6.61 Å². The molecule has 0 aliphatic carbocycles. The van der Waals surface area contributed by atoms with E-state index in [9.17, 15) is 18.0 Å². The average Bonchev–Trinajstić information content (AvgIpc) is 2.71. The molecule has 2 rings (SSSR count). The van der Waals surface area contributed by atoms with Crippen LogP contribution in [0.3, 0.4) is 0 Å². The highest BCUT2D eigenvalue weighted by atomic mass is 79.9. The third-order valence-corrected chi connectivity index (χ3v) is 3.10. The van der Waals surface area contributed by atoms with Gasteiger partial charge in [-0.3, -0.25) is 9.48 Å². The van der Waals surface area contributed by atoms with Crippen LogP contribution in [-0.4, -0.2) is 22.3 Å². The topological polar surface area (TPSA) is 56.2 Å². The molecule has 0 saturated carbocycles. The van der Waals surface area contributed by atoms with Crippen molar-refractivity contribution in [2.75, 3.05) is 5.32 Å². The molecule has 0 spiro atoms. The number of nitrogens with one attached hydrogen (secondary N) is 1. The van der Waals surface area contributed by atoms with Crippen LogP contribution >= 0.6 is 15.9 Å². The number of hydrogen-bond acceptors (Lipinski definition) is 3. The minimum Gasteiger partial charge on any atom is -0.432 e. The Morgan fingerprint density at radius 1 is 1.48 bits per heavy atom. The maximum atomic E-state index is 13.1. The van der Waals surface area contributed by atoms with Crippen LogP contribution in [0.1, 0.15) is 10.5 Å². The maximum absolute atomic E-state index is 13.1. The Kier molecular flexibility index (Phi) is 4.51. The van der Waals surface area contributed by atoms with Crippen molar-refractivity contribution in [2.24, 2.45) is 7.05 Å². The van der Waals surface area contributed by atoms with E-state index in [-0.39, 0.29) is 11.4 Å². The molecule has 1 heterocycles. The summed E-state index contributed by atoms with van der Waals surface area (Å²) < 4.78 is 43.6. The Hall–Kier alpha value is -2.03. The number of rotatable bonds is 4. The monoisotopic (exact) mass is 363 g/mol. The maximum Gasteiger partial charge on any atom is 0.387 e. The molecular formula is C12H9BrF3N3O2. The van der Waals surface area contributed by atoms with Crippen molar-refractivity contribution in [3.63, 3.8) is 0 Å². The number of aryl methyl sites for hydroxylation is 1. The Bertz CT molecular complexity index is 656. The lowest BCUT2D eigenvalue weighted by molar-refractivity contribution is -0.0495. The lowest BCUT2D eigenvalue weighted by Gasteiger charge is -2.12. The third-order valence-electron chi connectivity index (χ3n) is 2.52. The van der Waals surface area contributed by atoms with Crippen molar-refractivity contribution < 1.29 is 22.7 Å². The van der Waals surface area contributed by atoms with Gasteiger partial charge < -0.3 is 10.1 Å². The lowest BCUT2D eigenvalue weighted by atomic mass is 10.2. The first-order chi connectivity index (χ1) is 9.88. The fourth-order valence-corrected chi connectivity index (χ4v) is 2.17. The van der Waals surface area contributed by atoms with E-state index in [0.29, 0.717) is 4.47 Å². The molecule has 1 amide bonds. The van der Waals surface area contributed by atoms with Crippen LogP contribution in [0.15, 0.2) is 28.9 Å². The van der Waals surface area contributed by atoms with Crippen LogP contribution in [-0.2, 0) is 7.05 Å². The molecule has 0 atom stereocenters. The van der Waals surface area contributed by atoms with Gasteiger partial charge in [-0.05, 0) is 28.1 Å². The number of aromatic nitrogens is 2. The average molecular weight is 364 g/mol. The van der Waals surface area contributed by atoms with Gasteiger partial charge in [0, 0.05) is 13.1 Å². The van der Waals surface area contributed by atoms with Crippen LogP contribution in [0.5, 0.6) is 5.75 Å². The number of amides is 1. The van der Waals surface area contributed by atoms with Crippen molar-refractivity contribution in [3.05, 3.63) is 40.4 Å². The van der Waals surface area contributed by atoms with Gasteiger partial charge in [0.2, 0.25) is 0 Å². The summed E-state index contributed by atoms with van der Waals surface area (Å²) in [6.45, 7) is -3.13. The SMILES string of the molecule is Cn1ncc(Br)c1C(=O)Nc1ccc(F)cc1OC(F)F. The summed E-state index contributed by atoms with van der Waals surface area (Å²) in [5.74, 6) is -1.82. The molecule has 1 N–H and O–H groups in total. The molecule has 0 fully saturated rings. The molecule has 21 heavy (non-hydrogen) atoms. The summed E-state index contributed by atoms with van der Waals surface area (Å²) in [5.41, 5.74) is 0.108. The van der Waals surface area contributed by atoms with E-state index in [2.05, 4.69) is 31.1 Å². The summed E-state index contributed by atoms with van der Waals surface area (Å²) in [6.07, 6.45) is 1.41. The van der Waals surface area contributed by atoms with Crippen LogP contribution < -0.4 is 10.1 Å². The Morgan fingerprint density at radius 2 is 2.19 bits per heavy atom. The fraction of sp³-hybridized carbons (Fsp3) is 0.167. The molecule has 0 bridgehead atoms. The second kappa shape index (κ2) is 6.17. The van der Waals surface area contributed by atoms with E-state index >= 15 is 0 Å². The molecule has 112 valence electrons. The zero-order valence-corrected chi connectivity index (χ0v) is 12.2. The van der Waals surface area contributed by atoms with Gasteiger partial charge in [0.15, 0.2) is 5.75 Å². The number of ether oxygens (including phenoxy) is 1. The highest BCUT2D eigenvalue weighted by Crippen LogP contribution is 2.28. The van der Waals surface area contributed by atoms with E-state index in [4.69, 9.17) is 0 Å². The van der Waals surface area contributed by atoms with E-state index in [1.807, 2.05) is 0 Å². The Morgan fingerprint density at radius 3 is 2.76 bits per heavy atom. The number of benzene rings is 1. The van der Waals surface area contributed by atoms with Crippen molar-refractivity contribution in [1.82, 2.24) is 9.78 Å². The minimum atomic E-state index is -3.13. The summed E-state index contributed by atoms with van der Waals surface area (Å²) in [5, 5.41) is 6.23. The smallest absolute Gasteiger partial charge is 0.387 e. The number of nitrogens with zero attached hydrogens (tertiary/aromatic N) is 2. The van der Waals surface area contributed by atoms with E-state index in [0.717, 1.165) is 18.2 Å². The molecule has 0 saturated heterocycles. The van der Waals surface area contributed by atoms with Crippen LogP contribution in [0.4, 0.5) is 18.9 Å². The molecule has 5 nitrogen and oxygen atoms in total. The highest BCUT2D eigenvalue weighted by Gasteiger charge is 2.18. The molecular weight excluding hydrogens is 355 g/mol.